The number of rotatable bonds is 16. The van der Waals surface area contributed by atoms with Gasteiger partial charge in [-0.15, -0.1) is 0 Å². The van der Waals surface area contributed by atoms with Crippen LogP contribution in [-0.4, -0.2) is 42.2 Å². The maximum absolute atomic E-state index is 14.3. The fourth-order valence-corrected chi connectivity index (χ4v) is 5.53. The molecule has 0 bridgehead atoms. The molecule has 4 N–H and O–H groups in total. The van der Waals surface area contributed by atoms with Crippen LogP contribution in [0.25, 0.3) is 11.5 Å². The van der Waals surface area contributed by atoms with Crippen molar-refractivity contribution in [2.45, 2.75) is 97.4 Å². The molecule has 3 amide bonds. The number of nitrogens with one attached hydrogen (secondary N) is 2. The highest BCUT2D eigenvalue weighted by atomic mass is 19.3. The molecular weight excluding hydrogens is 664 g/mol. The van der Waals surface area contributed by atoms with Gasteiger partial charge >= 0.3 is 12.7 Å². The van der Waals surface area contributed by atoms with Crippen molar-refractivity contribution in [1.29, 1.82) is 0 Å². The number of nitrogens with zero attached hydrogens (tertiary/aromatic N) is 1. The number of carbonyl (C=O) groups excluding carboxylic acids is 3. The smallest absolute Gasteiger partial charge is 0.405 e. The van der Waals surface area contributed by atoms with Gasteiger partial charge in [0.1, 0.15) is 11.6 Å². The quantitative estimate of drug-likeness (QED) is 0.103. The minimum atomic E-state index is -3.15. The lowest BCUT2D eigenvalue weighted by atomic mass is 9.88. The van der Waals surface area contributed by atoms with Gasteiger partial charge in [-0.1, -0.05) is 39.7 Å². The van der Waals surface area contributed by atoms with Crippen LogP contribution >= 0.6 is 0 Å². The number of hydrogen-bond donors (Lipinski definition) is 3. The summed E-state index contributed by atoms with van der Waals surface area (Å²) in [5.41, 5.74) is 4.75. The molecule has 0 spiro atoms. The molecule has 0 unspecified atom stereocenters. The molecule has 2 aromatic carbocycles. The third kappa shape index (κ3) is 11.4. The lowest BCUT2D eigenvalue weighted by Crippen LogP contribution is -2.32. The van der Waals surface area contributed by atoms with Crippen LogP contribution in [0, 0.1) is 17.0 Å². The average molecular weight is 707 g/mol. The largest absolute Gasteiger partial charge is 0.490 e. The standard InChI is InChI=1S/C35H42F4N4O7/c1-35(2,3)18-27(49-34(40)46)30-29(31(45)41-19-21-11-13-22(36)17-24(21)37)43-32(50-30)20-12-14-25(48-33(38)39)26(16-20)47-15-7-6-10-28(44)42-23-8-4-5-9-23/h11-14,16-17,23,27,33H,4-10,15,18-19H2,1-3H3,(H2,40,46)(H,41,45)(H,42,44)/t27-/m0/s1. The van der Waals surface area contributed by atoms with Crippen LogP contribution in [0.5, 0.6) is 11.5 Å². The van der Waals surface area contributed by atoms with E-state index in [4.69, 9.17) is 19.6 Å². The first-order valence-corrected chi connectivity index (χ1v) is 16.4. The summed E-state index contributed by atoms with van der Waals surface area (Å²) in [6.07, 6.45) is 3.20. The number of primary amides is 1. The van der Waals surface area contributed by atoms with Gasteiger partial charge in [-0.25, -0.2) is 18.6 Å². The fourth-order valence-electron chi connectivity index (χ4n) is 5.53. The minimum Gasteiger partial charge on any atom is -0.490 e. The highest BCUT2D eigenvalue weighted by Crippen LogP contribution is 2.38. The number of oxazole rings is 1. The molecule has 1 atom stereocenters. The SMILES string of the molecule is CC(C)(C)C[C@H](OC(N)=O)c1oc(-c2ccc(OC(F)F)c(OCCCCC(=O)NC3CCCC3)c2)nc1C(=O)NCc1ccc(F)cc1F. The first-order valence-electron chi connectivity index (χ1n) is 16.4. The van der Waals surface area contributed by atoms with Crippen LogP contribution in [0.4, 0.5) is 22.4 Å². The predicted octanol–water partition coefficient (Wildman–Crippen LogP) is 7.33. The number of halogens is 4. The Morgan fingerprint density at radius 2 is 1.78 bits per heavy atom. The zero-order chi connectivity index (χ0) is 36.4. The third-order valence-corrected chi connectivity index (χ3v) is 7.85. The highest BCUT2D eigenvalue weighted by Gasteiger charge is 2.33. The second-order valence-corrected chi connectivity index (χ2v) is 13.2. The molecule has 0 saturated heterocycles. The Morgan fingerprint density at radius 1 is 1.04 bits per heavy atom. The van der Waals surface area contributed by atoms with E-state index in [0.29, 0.717) is 25.3 Å². The Kier molecular flexibility index (Phi) is 13.1. The molecule has 272 valence electrons. The van der Waals surface area contributed by atoms with Crippen LogP contribution in [0.15, 0.2) is 40.8 Å². The predicted molar refractivity (Wildman–Crippen MR) is 173 cm³/mol. The molecule has 11 nitrogen and oxygen atoms in total. The van der Waals surface area contributed by atoms with Crippen molar-refractivity contribution in [3.63, 3.8) is 0 Å². The Bertz CT molecular complexity index is 1640. The number of alkyl halides is 2. The van der Waals surface area contributed by atoms with Crippen LogP contribution in [0.2, 0.25) is 0 Å². The van der Waals surface area contributed by atoms with Crippen molar-refractivity contribution in [1.82, 2.24) is 15.6 Å². The summed E-state index contributed by atoms with van der Waals surface area (Å²) >= 11 is 0. The normalized spacial score (nSPS) is 14.0. The lowest BCUT2D eigenvalue weighted by molar-refractivity contribution is -0.121. The van der Waals surface area contributed by atoms with E-state index in [9.17, 15) is 31.9 Å². The van der Waals surface area contributed by atoms with Gasteiger partial charge in [-0.05, 0) is 61.8 Å². The van der Waals surface area contributed by atoms with Crippen molar-refractivity contribution in [3.05, 3.63) is 65.1 Å². The monoisotopic (exact) mass is 706 g/mol. The summed E-state index contributed by atoms with van der Waals surface area (Å²) in [5.74, 6) is -3.22. The number of nitrogens with two attached hydrogens (primary N) is 1. The van der Waals surface area contributed by atoms with Crippen molar-refractivity contribution >= 4 is 17.9 Å². The fraction of sp³-hybridized carbons (Fsp3) is 0.486. The van der Waals surface area contributed by atoms with Gasteiger partial charge in [-0.2, -0.15) is 8.78 Å². The first kappa shape index (κ1) is 38.0. The zero-order valence-electron chi connectivity index (χ0n) is 28.2. The van der Waals surface area contributed by atoms with Crippen LogP contribution in [0.1, 0.15) is 100 Å². The molecule has 0 radical (unpaired) electrons. The molecule has 4 rings (SSSR count). The first-order chi connectivity index (χ1) is 23.7. The van der Waals surface area contributed by atoms with Crippen molar-refractivity contribution < 1.29 is 50.6 Å². The van der Waals surface area contributed by atoms with Crippen molar-refractivity contribution in [2.75, 3.05) is 6.61 Å². The molecule has 0 aliphatic heterocycles. The van der Waals surface area contributed by atoms with Crippen molar-refractivity contribution in [3.8, 4) is 23.0 Å². The molecule has 1 heterocycles. The Morgan fingerprint density at radius 3 is 2.44 bits per heavy atom. The Labute approximate surface area is 287 Å². The maximum Gasteiger partial charge on any atom is 0.405 e. The van der Waals surface area contributed by atoms with Crippen LogP contribution in [-0.2, 0) is 16.1 Å². The van der Waals surface area contributed by atoms with E-state index >= 15 is 0 Å². The van der Waals surface area contributed by atoms with Crippen LogP contribution in [0.3, 0.4) is 0 Å². The van der Waals surface area contributed by atoms with Gasteiger partial charge in [0.2, 0.25) is 11.8 Å². The Hall–Kier alpha value is -4.82. The van der Waals surface area contributed by atoms with Gasteiger partial charge in [0.25, 0.3) is 5.91 Å². The number of hydrogen-bond acceptors (Lipinski definition) is 8. The van der Waals surface area contributed by atoms with Gasteiger partial charge in [0.15, 0.2) is 29.1 Å². The molecule has 1 aromatic heterocycles. The second-order valence-electron chi connectivity index (χ2n) is 13.2. The van der Waals surface area contributed by atoms with E-state index in [2.05, 4.69) is 20.4 Å². The van der Waals surface area contributed by atoms with E-state index < -0.39 is 41.8 Å². The molecular formula is C35H42F4N4O7. The van der Waals surface area contributed by atoms with Gasteiger partial charge in [0.05, 0.1) is 6.61 Å². The van der Waals surface area contributed by atoms with Gasteiger partial charge < -0.3 is 35.0 Å². The summed E-state index contributed by atoms with van der Waals surface area (Å²) < 4.78 is 75.9. The third-order valence-electron chi connectivity index (χ3n) is 7.85. The van der Waals surface area contributed by atoms with Crippen LogP contribution < -0.4 is 25.8 Å². The van der Waals surface area contributed by atoms with Crippen molar-refractivity contribution in [2.24, 2.45) is 11.1 Å². The average Bonchev–Trinajstić information content (AvgIpc) is 3.70. The van der Waals surface area contributed by atoms with E-state index in [1.54, 1.807) is 0 Å². The Balaban J connectivity index is 1.58. The second kappa shape index (κ2) is 17.2. The van der Waals surface area contributed by atoms with E-state index in [1.807, 2.05) is 20.8 Å². The number of aromatic nitrogens is 1. The summed E-state index contributed by atoms with van der Waals surface area (Å²) in [6.45, 7) is 2.14. The topological polar surface area (TPSA) is 155 Å². The van der Waals surface area contributed by atoms with Gasteiger partial charge in [-0.3, -0.25) is 9.59 Å². The molecule has 1 aliphatic carbocycles. The maximum atomic E-state index is 14.3. The molecule has 1 fully saturated rings. The molecule has 3 aromatic rings. The summed E-state index contributed by atoms with van der Waals surface area (Å²) in [4.78, 5) is 41.9. The lowest BCUT2D eigenvalue weighted by Gasteiger charge is -2.24. The number of benzene rings is 2. The summed E-state index contributed by atoms with van der Waals surface area (Å²) in [7, 11) is 0. The molecule has 1 saturated carbocycles. The van der Waals surface area contributed by atoms with Gasteiger partial charge in [0, 0.05) is 36.2 Å². The highest BCUT2D eigenvalue weighted by molar-refractivity contribution is 5.94. The number of amides is 3. The van der Waals surface area contributed by atoms with E-state index in [0.717, 1.165) is 31.7 Å². The number of unbranched alkanes of at least 4 members (excludes halogenated alkanes) is 1. The molecule has 50 heavy (non-hydrogen) atoms. The summed E-state index contributed by atoms with van der Waals surface area (Å²) in [6, 6.07) is 7.02. The van der Waals surface area contributed by atoms with E-state index in [1.165, 1.54) is 24.3 Å². The summed E-state index contributed by atoms with van der Waals surface area (Å²) in [5, 5.41) is 5.52. The number of carbonyl (C=O) groups is 3. The van der Waals surface area contributed by atoms with E-state index in [-0.39, 0.29) is 71.5 Å². The minimum absolute atomic E-state index is 0.00417. The molecule has 15 heteroatoms. The number of ether oxygens (including phenoxy) is 3. The zero-order valence-corrected chi connectivity index (χ0v) is 28.2. The molecule has 1 aliphatic rings.